The first-order chi connectivity index (χ1) is 5.29. The predicted octanol–water partition coefficient (Wildman–Crippen LogP) is 3.25. The van der Waals surface area contributed by atoms with Crippen LogP contribution in [-0.2, 0) is 6.42 Å². The van der Waals surface area contributed by atoms with E-state index < -0.39 is 0 Å². The second-order valence-corrected chi connectivity index (χ2v) is 3.55. The van der Waals surface area contributed by atoms with E-state index in [4.69, 9.17) is 11.6 Å². The Bertz CT molecular complexity index is 191. The normalized spacial score (nSPS) is 12.9. The second kappa shape index (κ2) is 4.40. The van der Waals surface area contributed by atoms with E-state index in [0.29, 0.717) is 0 Å². The van der Waals surface area contributed by atoms with Gasteiger partial charge in [-0.15, -0.1) is 11.6 Å². The number of rotatable bonds is 3. The fraction of sp³-hybridized carbons (Fsp3) is 0.400. The Morgan fingerprint density at radius 2 is 1.91 bits per heavy atom. The largest absolute Gasteiger partial charge is 0.123 e. The van der Waals surface area contributed by atoms with Gasteiger partial charge in [0, 0.05) is 5.38 Å². The molecule has 1 aromatic carbocycles. The van der Waals surface area contributed by atoms with E-state index in [1.165, 1.54) is 5.56 Å². The highest BCUT2D eigenvalue weighted by Gasteiger charge is 1.96. The Morgan fingerprint density at radius 1 is 1.27 bits per heavy atom. The van der Waals surface area contributed by atoms with Crippen LogP contribution in [0.15, 0.2) is 30.3 Å². The quantitative estimate of drug-likeness (QED) is 0.608. The third-order valence-corrected chi connectivity index (χ3v) is 1.89. The van der Waals surface area contributed by atoms with Crippen molar-refractivity contribution in [3.63, 3.8) is 0 Å². The van der Waals surface area contributed by atoms with Crippen LogP contribution in [0.4, 0.5) is 0 Å². The lowest BCUT2D eigenvalue weighted by atomic mass is 10.1. The molecule has 0 aliphatic rings. The molecule has 0 nitrogen and oxygen atoms in total. The van der Waals surface area contributed by atoms with Gasteiger partial charge in [0.15, 0.2) is 0 Å². The third-order valence-electron chi connectivity index (χ3n) is 1.67. The Balaban J connectivity index is 2.39. The molecule has 0 spiro atoms. The maximum absolute atomic E-state index is 5.83. The lowest BCUT2D eigenvalue weighted by Gasteiger charge is -2.01. The molecule has 0 radical (unpaired) electrons. The summed E-state index contributed by atoms with van der Waals surface area (Å²) in [5.74, 6) is 0. The summed E-state index contributed by atoms with van der Waals surface area (Å²) in [7, 11) is 0. The molecule has 0 aromatic heterocycles. The zero-order valence-corrected chi connectivity index (χ0v) is 7.51. The molecular weight excluding hydrogens is 156 g/mol. The van der Waals surface area contributed by atoms with Crippen molar-refractivity contribution in [2.24, 2.45) is 0 Å². The summed E-state index contributed by atoms with van der Waals surface area (Å²) in [5, 5.41) is 0.287. The van der Waals surface area contributed by atoms with Gasteiger partial charge in [0.05, 0.1) is 0 Å². The molecule has 0 aliphatic heterocycles. The van der Waals surface area contributed by atoms with E-state index >= 15 is 0 Å². The van der Waals surface area contributed by atoms with Crippen LogP contribution in [0.25, 0.3) is 0 Å². The van der Waals surface area contributed by atoms with Crippen molar-refractivity contribution in [2.45, 2.75) is 25.1 Å². The average Bonchev–Trinajstić information content (AvgIpc) is 2.03. The maximum atomic E-state index is 5.83. The van der Waals surface area contributed by atoms with Crippen LogP contribution in [0.1, 0.15) is 18.9 Å². The van der Waals surface area contributed by atoms with E-state index in [0.717, 1.165) is 12.8 Å². The molecule has 1 rings (SSSR count). The molecule has 0 bridgehead atoms. The van der Waals surface area contributed by atoms with E-state index in [9.17, 15) is 0 Å². The van der Waals surface area contributed by atoms with Crippen LogP contribution in [0.2, 0.25) is 0 Å². The fourth-order valence-electron chi connectivity index (χ4n) is 1.01. The van der Waals surface area contributed by atoms with Gasteiger partial charge in [-0.25, -0.2) is 0 Å². The van der Waals surface area contributed by atoms with Crippen LogP contribution < -0.4 is 0 Å². The molecule has 0 fully saturated rings. The highest BCUT2D eigenvalue weighted by atomic mass is 35.5. The average molecular weight is 169 g/mol. The number of halogens is 1. The highest BCUT2D eigenvalue weighted by Crippen LogP contribution is 2.07. The molecule has 60 valence electrons. The van der Waals surface area contributed by atoms with E-state index in [2.05, 4.69) is 24.3 Å². The van der Waals surface area contributed by atoms with Crippen molar-refractivity contribution in [2.75, 3.05) is 0 Å². The molecule has 0 N–H and O–H groups in total. The molecule has 0 unspecified atom stereocenters. The van der Waals surface area contributed by atoms with E-state index in [1.54, 1.807) is 0 Å². The Morgan fingerprint density at radius 3 is 2.45 bits per heavy atom. The van der Waals surface area contributed by atoms with Gasteiger partial charge in [-0.1, -0.05) is 30.3 Å². The lowest BCUT2D eigenvalue weighted by Crippen LogP contribution is -1.93. The Hall–Kier alpha value is -0.490. The molecule has 0 amide bonds. The van der Waals surface area contributed by atoms with Crippen LogP contribution in [0.5, 0.6) is 0 Å². The number of aryl methyl sites for hydroxylation is 1. The minimum Gasteiger partial charge on any atom is -0.123 e. The van der Waals surface area contributed by atoms with E-state index in [1.807, 2.05) is 13.0 Å². The number of hydrogen-bond acceptors (Lipinski definition) is 0. The first-order valence-corrected chi connectivity index (χ1v) is 4.40. The minimum absolute atomic E-state index is 0.287. The molecule has 1 heteroatoms. The van der Waals surface area contributed by atoms with Gasteiger partial charge in [0.25, 0.3) is 0 Å². The lowest BCUT2D eigenvalue weighted by molar-refractivity contribution is 0.803. The van der Waals surface area contributed by atoms with Crippen LogP contribution in [0.3, 0.4) is 0 Å². The van der Waals surface area contributed by atoms with Gasteiger partial charge < -0.3 is 0 Å². The topological polar surface area (TPSA) is 0 Å². The van der Waals surface area contributed by atoms with Crippen LogP contribution in [-0.4, -0.2) is 5.38 Å². The molecule has 0 aliphatic carbocycles. The smallest absolute Gasteiger partial charge is 0.0311 e. The molecule has 0 saturated heterocycles. The van der Waals surface area contributed by atoms with Gasteiger partial charge >= 0.3 is 0 Å². The molecule has 11 heavy (non-hydrogen) atoms. The number of hydrogen-bond donors (Lipinski definition) is 0. The van der Waals surface area contributed by atoms with Gasteiger partial charge in [-0.05, 0) is 25.3 Å². The van der Waals surface area contributed by atoms with Gasteiger partial charge in [0.2, 0.25) is 0 Å². The van der Waals surface area contributed by atoms with Crippen LogP contribution in [0, 0.1) is 0 Å². The Labute approximate surface area is 73.2 Å². The third kappa shape index (κ3) is 3.43. The first-order valence-electron chi connectivity index (χ1n) is 3.97. The summed E-state index contributed by atoms with van der Waals surface area (Å²) < 4.78 is 0. The van der Waals surface area contributed by atoms with Crippen LogP contribution >= 0.6 is 11.6 Å². The minimum atomic E-state index is 0.287. The Kier molecular flexibility index (Phi) is 3.44. The summed E-state index contributed by atoms with van der Waals surface area (Å²) in [5.41, 5.74) is 1.38. The van der Waals surface area contributed by atoms with Crippen molar-refractivity contribution >= 4 is 11.6 Å². The molecule has 1 aromatic rings. The summed E-state index contributed by atoms with van der Waals surface area (Å²) in [6, 6.07) is 10.4. The number of benzene rings is 1. The van der Waals surface area contributed by atoms with Gasteiger partial charge in [-0.2, -0.15) is 0 Å². The summed E-state index contributed by atoms with van der Waals surface area (Å²) >= 11 is 5.83. The van der Waals surface area contributed by atoms with Gasteiger partial charge in [0.1, 0.15) is 0 Å². The SMILES string of the molecule is C[C@@H](Cl)CCc1ccccc1. The predicted molar refractivity (Wildman–Crippen MR) is 50.1 cm³/mol. The maximum Gasteiger partial charge on any atom is 0.0311 e. The zero-order chi connectivity index (χ0) is 8.10. The van der Waals surface area contributed by atoms with Crippen molar-refractivity contribution in [1.29, 1.82) is 0 Å². The highest BCUT2D eigenvalue weighted by molar-refractivity contribution is 6.20. The van der Waals surface area contributed by atoms with Crippen molar-refractivity contribution in [1.82, 2.24) is 0 Å². The second-order valence-electron chi connectivity index (χ2n) is 2.81. The molecule has 0 saturated carbocycles. The first kappa shape index (κ1) is 8.61. The summed E-state index contributed by atoms with van der Waals surface area (Å²) in [6.07, 6.45) is 2.15. The molecule has 1 atom stereocenters. The number of alkyl halides is 1. The standard InChI is InChI=1S/C10H13Cl/c1-9(11)7-8-10-5-3-2-4-6-10/h2-6,9H,7-8H2,1H3/t9-/m1/s1. The van der Waals surface area contributed by atoms with Crippen molar-refractivity contribution < 1.29 is 0 Å². The van der Waals surface area contributed by atoms with Crippen molar-refractivity contribution in [3.05, 3.63) is 35.9 Å². The van der Waals surface area contributed by atoms with E-state index in [-0.39, 0.29) is 5.38 Å². The monoisotopic (exact) mass is 168 g/mol. The summed E-state index contributed by atoms with van der Waals surface area (Å²) in [4.78, 5) is 0. The van der Waals surface area contributed by atoms with Crippen molar-refractivity contribution in [3.8, 4) is 0 Å². The molecule has 0 heterocycles. The van der Waals surface area contributed by atoms with Gasteiger partial charge in [-0.3, -0.25) is 0 Å². The zero-order valence-electron chi connectivity index (χ0n) is 6.76. The molecular formula is C10H13Cl. The summed E-state index contributed by atoms with van der Waals surface area (Å²) in [6.45, 7) is 2.03. The fourth-order valence-corrected chi connectivity index (χ4v) is 1.12.